The van der Waals surface area contributed by atoms with Crippen LogP contribution in [0.1, 0.15) is 88.8 Å². The predicted molar refractivity (Wildman–Crippen MR) is 163 cm³/mol. The highest BCUT2D eigenvalue weighted by molar-refractivity contribution is 5.93. The molecule has 0 radical (unpaired) electrons. The molecular weight excluding hydrogens is 562 g/mol. The summed E-state index contributed by atoms with van der Waals surface area (Å²) in [6.07, 6.45) is 1.63. The van der Waals surface area contributed by atoms with Crippen LogP contribution < -0.4 is 38.5 Å². The van der Waals surface area contributed by atoms with Crippen molar-refractivity contribution in [1.29, 1.82) is 0 Å². The number of carbonyl (C=O) groups excluding carboxylic acids is 6. The Balaban J connectivity index is -0.00000882. The zero-order valence-corrected chi connectivity index (χ0v) is 25.9. The number of ketones is 1. The van der Waals surface area contributed by atoms with E-state index in [0.29, 0.717) is 32.2 Å². The van der Waals surface area contributed by atoms with Crippen LogP contribution >= 0.6 is 0 Å². The third kappa shape index (κ3) is 16.0. The molecule has 0 aromatic heterocycles. The van der Waals surface area contributed by atoms with Gasteiger partial charge in [0, 0.05) is 22.2 Å². The molecule has 0 heterocycles. The van der Waals surface area contributed by atoms with Crippen LogP contribution in [0.25, 0.3) is 0 Å². The first-order valence-corrected chi connectivity index (χ1v) is 14.7. The number of rotatable bonds is 23. The van der Waals surface area contributed by atoms with Crippen molar-refractivity contribution in [2.75, 3.05) is 6.54 Å². The second-order valence-corrected chi connectivity index (χ2v) is 11.2. The number of carboxylic acid groups (broad SMARTS) is 1. The lowest BCUT2D eigenvalue weighted by atomic mass is 9.96. The van der Waals surface area contributed by atoms with Crippen LogP contribution in [0.3, 0.4) is 0 Å². The lowest BCUT2D eigenvalue weighted by Gasteiger charge is -2.27. The molecule has 15 heteroatoms. The number of primary amides is 2. The Morgan fingerprint density at radius 1 is 0.791 bits per heavy atom. The number of amides is 5. The predicted octanol–water partition coefficient (Wildman–Crippen LogP) is -0.705. The van der Waals surface area contributed by atoms with Gasteiger partial charge in [0.25, 0.3) is 0 Å². The molecule has 0 saturated carbocycles. The summed E-state index contributed by atoms with van der Waals surface area (Å²) in [5.41, 5.74) is 16.8. The fourth-order valence-corrected chi connectivity index (χ4v) is 4.20. The van der Waals surface area contributed by atoms with Gasteiger partial charge in [0.05, 0.1) is 18.1 Å². The molecular formula is C28H55N7O8. The highest BCUT2D eigenvalue weighted by Gasteiger charge is 2.31. The molecule has 0 bridgehead atoms. The fourth-order valence-electron chi connectivity index (χ4n) is 4.20. The van der Waals surface area contributed by atoms with Crippen molar-refractivity contribution < 1.29 is 41.5 Å². The van der Waals surface area contributed by atoms with Crippen molar-refractivity contribution >= 4 is 41.3 Å². The summed E-state index contributed by atoms with van der Waals surface area (Å²) in [7, 11) is 0. The van der Waals surface area contributed by atoms with E-state index in [0.717, 1.165) is 0 Å². The van der Waals surface area contributed by atoms with Gasteiger partial charge in [-0.1, -0.05) is 34.1 Å². The Bertz CT molecular complexity index is 987. The van der Waals surface area contributed by atoms with Gasteiger partial charge in [0.15, 0.2) is 0 Å². The Kier molecular flexibility index (Phi) is 18.6. The number of nitrogens with one attached hydrogen (secondary N) is 4. The third-order valence-corrected chi connectivity index (χ3v) is 7.21. The van der Waals surface area contributed by atoms with Gasteiger partial charge in [0.2, 0.25) is 29.5 Å². The van der Waals surface area contributed by atoms with Gasteiger partial charge >= 0.3 is 5.97 Å². The van der Waals surface area contributed by atoms with Crippen LogP contribution in [-0.4, -0.2) is 83.1 Å². The largest absolute Gasteiger partial charge is 0.481 e. The molecule has 6 atom stereocenters. The van der Waals surface area contributed by atoms with Crippen LogP contribution in [-0.2, 0) is 33.6 Å². The highest BCUT2D eigenvalue weighted by Crippen LogP contribution is 2.10. The molecule has 0 rings (SSSR count). The zero-order chi connectivity index (χ0) is 33.3. The number of Topliss-reactive ketones (excluding diaryl/α,β-unsaturated/α-hetero) is 1. The summed E-state index contributed by atoms with van der Waals surface area (Å²) >= 11 is 0. The first kappa shape index (κ1) is 39.4. The maximum atomic E-state index is 12.8. The van der Waals surface area contributed by atoms with Crippen molar-refractivity contribution in [1.82, 2.24) is 21.3 Å². The summed E-state index contributed by atoms with van der Waals surface area (Å²) in [4.78, 5) is 83.9. The van der Waals surface area contributed by atoms with E-state index in [1.807, 2.05) is 6.92 Å². The minimum atomic E-state index is -1.10. The molecule has 0 spiro atoms. The quantitative estimate of drug-likeness (QED) is 0.0668. The minimum Gasteiger partial charge on any atom is -0.481 e. The molecule has 250 valence electrons. The molecule has 43 heavy (non-hydrogen) atoms. The number of hydrogen-bond acceptors (Lipinski definition) is 9. The molecule has 5 amide bonds. The van der Waals surface area contributed by atoms with Crippen molar-refractivity contribution in [3.8, 4) is 0 Å². The maximum absolute atomic E-state index is 12.8. The van der Waals surface area contributed by atoms with E-state index in [1.165, 1.54) is 6.92 Å². The average Bonchev–Trinajstić information content (AvgIpc) is 2.92. The van der Waals surface area contributed by atoms with Gasteiger partial charge < -0.3 is 38.3 Å². The monoisotopic (exact) mass is 617 g/mol. The van der Waals surface area contributed by atoms with Crippen LogP contribution in [0.5, 0.6) is 0 Å². The normalized spacial score (nSPS) is 15.3. The smallest absolute Gasteiger partial charge is 0.303 e. The van der Waals surface area contributed by atoms with Gasteiger partial charge in [-0.3, -0.25) is 38.9 Å². The molecule has 0 aromatic carbocycles. The molecule has 0 aliphatic rings. The summed E-state index contributed by atoms with van der Waals surface area (Å²) in [6.45, 7) is 8.78. The van der Waals surface area contributed by atoms with Gasteiger partial charge in [-0.15, -0.1) is 0 Å². The maximum Gasteiger partial charge on any atom is 0.303 e. The minimum absolute atomic E-state index is 0. The first-order valence-electron chi connectivity index (χ1n) is 14.7. The van der Waals surface area contributed by atoms with Gasteiger partial charge in [0.1, 0.15) is 17.9 Å². The van der Waals surface area contributed by atoms with E-state index in [9.17, 15) is 33.6 Å². The molecule has 15 nitrogen and oxygen atoms in total. The summed E-state index contributed by atoms with van der Waals surface area (Å²) < 4.78 is 0. The topological polar surface area (TPSA) is 266 Å². The number of carboxylic acids is 1. The third-order valence-electron chi connectivity index (χ3n) is 7.21. The summed E-state index contributed by atoms with van der Waals surface area (Å²) in [6, 6.07) is -4.53. The summed E-state index contributed by atoms with van der Waals surface area (Å²) in [5.74, 6) is -4.67. The van der Waals surface area contributed by atoms with E-state index in [4.69, 9.17) is 22.3 Å². The van der Waals surface area contributed by atoms with Crippen molar-refractivity contribution in [3.63, 3.8) is 0 Å². The van der Waals surface area contributed by atoms with Crippen LogP contribution in [0.2, 0.25) is 0 Å². The van der Waals surface area contributed by atoms with Crippen LogP contribution in [0.4, 0.5) is 0 Å². The van der Waals surface area contributed by atoms with Gasteiger partial charge in [-0.25, -0.2) is 0 Å². The van der Waals surface area contributed by atoms with E-state index in [-0.39, 0.29) is 52.1 Å². The Morgan fingerprint density at radius 2 is 1.37 bits per heavy atom. The number of carbonyl (C=O) groups is 7. The standard InChI is InChI=1S/C28H51N7O8.2H2/c1-6-16(4)24(26(31)41)35-28(43)23(15(2)3)34-27(42)18(29)9-7-8-14-32-21(37)12-10-19(17(5)36)33-20(25(30)40)11-13-22(38)39;;/h15-16,18-20,23-24,33H,6-14,29H2,1-5H3,(H2,30,40)(H2,31,41)(H,32,37)(H,34,42)(H,35,43)(H,38,39);2*1H/t16-,18?,19?,20-,23-,24-;;/m0../s1. The molecule has 0 aliphatic heterocycles. The second kappa shape index (κ2) is 20.3. The highest BCUT2D eigenvalue weighted by atomic mass is 16.4. The SMILES string of the molecule is CC[C@H](C)[C@H](NC(=O)[C@@H](NC(=O)C(N)CCCCNC(=O)CCC(N[C@@H](CCC(=O)O)C(N)=O)C(C)=O)C(C)C)C(N)=O.[HH].[HH]. The molecule has 0 aromatic rings. The fraction of sp³-hybridized carbons (Fsp3) is 0.750. The molecule has 0 saturated heterocycles. The van der Waals surface area contributed by atoms with E-state index >= 15 is 0 Å². The number of hydrogen-bond donors (Lipinski definition) is 8. The lowest BCUT2D eigenvalue weighted by molar-refractivity contribution is -0.137. The van der Waals surface area contributed by atoms with E-state index in [2.05, 4.69) is 21.3 Å². The van der Waals surface area contributed by atoms with Crippen LogP contribution in [0, 0.1) is 11.8 Å². The summed E-state index contributed by atoms with van der Waals surface area (Å²) in [5, 5.41) is 19.6. The Labute approximate surface area is 256 Å². The number of aliphatic carboxylic acids is 1. The van der Waals surface area contributed by atoms with Crippen molar-refractivity contribution in [3.05, 3.63) is 0 Å². The lowest BCUT2D eigenvalue weighted by Crippen LogP contribution is -2.58. The van der Waals surface area contributed by atoms with Crippen molar-refractivity contribution in [2.24, 2.45) is 29.0 Å². The molecule has 11 N–H and O–H groups in total. The molecule has 0 fully saturated rings. The first-order chi connectivity index (χ1) is 20.0. The number of unbranched alkanes of at least 4 members (excludes halogenated alkanes) is 1. The van der Waals surface area contributed by atoms with Gasteiger partial charge in [-0.2, -0.15) is 0 Å². The molecule has 2 unspecified atom stereocenters. The Hall–Kier alpha value is -3.59. The van der Waals surface area contributed by atoms with Gasteiger partial charge in [-0.05, 0) is 50.9 Å². The van der Waals surface area contributed by atoms with E-state index < -0.39 is 59.8 Å². The van der Waals surface area contributed by atoms with Crippen molar-refractivity contribution in [2.45, 2.75) is 116 Å². The average molecular weight is 618 g/mol. The van der Waals surface area contributed by atoms with E-state index in [1.54, 1.807) is 20.8 Å². The molecule has 0 aliphatic carbocycles. The number of nitrogens with two attached hydrogens (primary N) is 3. The zero-order valence-electron chi connectivity index (χ0n) is 25.9. The second-order valence-electron chi connectivity index (χ2n) is 11.2. The van der Waals surface area contributed by atoms with Crippen LogP contribution in [0.15, 0.2) is 0 Å². The Morgan fingerprint density at radius 3 is 1.86 bits per heavy atom.